The van der Waals surface area contributed by atoms with Gasteiger partial charge in [0.25, 0.3) is 0 Å². The van der Waals surface area contributed by atoms with Crippen molar-refractivity contribution in [3.05, 3.63) is 57.0 Å². The van der Waals surface area contributed by atoms with Crippen LogP contribution in [0.15, 0.2) is 30.3 Å². The number of aliphatic hydroxyl groups excluding tert-OH is 1. The molecule has 1 N–H and O–H groups in total. The van der Waals surface area contributed by atoms with Crippen LogP contribution in [0.3, 0.4) is 0 Å². The molecule has 0 saturated carbocycles. The van der Waals surface area contributed by atoms with E-state index in [-0.39, 0.29) is 5.82 Å². The van der Waals surface area contributed by atoms with Crippen LogP contribution in [-0.2, 0) is 0 Å². The van der Waals surface area contributed by atoms with E-state index in [9.17, 15) is 9.50 Å². The van der Waals surface area contributed by atoms with E-state index in [1.165, 1.54) is 12.1 Å². The standard InChI is InChI=1S/C13H13FOS/c1-8-6-12(9(2)16-8)13(15)10-4-3-5-11(14)7-10/h3-7,13,15H,1-2H3. The molecule has 1 aromatic carbocycles. The first-order valence-electron chi connectivity index (χ1n) is 5.08. The van der Waals surface area contributed by atoms with Gasteiger partial charge in [-0.15, -0.1) is 11.3 Å². The van der Waals surface area contributed by atoms with Crippen molar-refractivity contribution in [3.63, 3.8) is 0 Å². The van der Waals surface area contributed by atoms with Crippen molar-refractivity contribution in [2.45, 2.75) is 20.0 Å². The number of benzene rings is 1. The highest BCUT2D eigenvalue weighted by molar-refractivity contribution is 7.12. The Morgan fingerprint density at radius 3 is 2.56 bits per heavy atom. The maximum atomic E-state index is 13.0. The molecule has 0 saturated heterocycles. The van der Waals surface area contributed by atoms with Crippen LogP contribution in [-0.4, -0.2) is 5.11 Å². The molecule has 1 unspecified atom stereocenters. The van der Waals surface area contributed by atoms with Gasteiger partial charge in [-0.1, -0.05) is 12.1 Å². The van der Waals surface area contributed by atoms with Crippen LogP contribution in [0.2, 0.25) is 0 Å². The van der Waals surface area contributed by atoms with Crippen LogP contribution in [0.5, 0.6) is 0 Å². The quantitative estimate of drug-likeness (QED) is 0.845. The Morgan fingerprint density at radius 2 is 2.00 bits per heavy atom. The number of aliphatic hydroxyl groups is 1. The van der Waals surface area contributed by atoms with Crippen LogP contribution < -0.4 is 0 Å². The summed E-state index contributed by atoms with van der Waals surface area (Å²) in [7, 11) is 0. The largest absolute Gasteiger partial charge is 0.384 e. The Bertz CT molecular complexity index is 504. The molecule has 84 valence electrons. The van der Waals surface area contributed by atoms with Gasteiger partial charge >= 0.3 is 0 Å². The van der Waals surface area contributed by atoms with Gasteiger partial charge in [0.05, 0.1) is 0 Å². The Hall–Kier alpha value is -1.19. The summed E-state index contributed by atoms with van der Waals surface area (Å²) < 4.78 is 13.0. The number of thiophene rings is 1. The van der Waals surface area contributed by atoms with E-state index in [0.717, 1.165) is 15.3 Å². The summed E-state index contributed by atoms with van der Waals surface area (Å²) in [5.41, 5.74) is 1.47. The molecule has 0 radical (unpaired) electrons. The minimum Gasteiger partial charge on any atom is -0.384 e. The molecule has 0 amide bonds. The number of halogens is 1. The molecule has 0 bridgehead atoms. The van der Waals surface area contributed by atoms with E-state index in [4.69, 9.17) is 0 Å². The third-order valence-corrected chi connectivity index (χ3v) is 3.52. The molecule has 0 spiro atoms. The van der Waals surface area contributed by atoms with Crippen molar-refractivity contribution in [3.8, 4) is 0 Å². The van der Waals surface area contributed by atoms with Gasteiger partial charge in [-0.05, 0) is 43.2 Å². The van der Waals surface area contributed by atoms with Crippen molar-refractivity contribution in [2.24, 2.45) is 0 Å². The molecule has 3 heteroatoms. The molecule has 1 nitrogen and oxygen atoms in total. The smallest absolute Gasteiger partial charge is 0.123 e. The number of aryl methyl sites for hydroxylation is 2. The molecule has 0 fully saturated rings. The summed E-state index contributed by atoms with van der Waals surface area (Å²) in [6.45, 7) is 3.97. The average molecular weight is 236 g/mol. The monoisotopic (exact) mass is 236 g/mol. The second kappa shape index (κ2) is 4.36. The van der Waals surface area contributed by atoms with E-state index in [0.29, 0.717) is 5.56 Å². The van der Waals surface area contributed by atoms with Gasteiger partial charge in [0.1, 0.15) is 11.9 Å². The van der Waals surface area contributed by atoms with Gasteiger partial charge in [-0.3, -0.25) is 0 Å². The van der Waals surface area contributed by atoms with E-state index >= 15 is 0 Å². The molecule has 0 aliphatic carbocycles. The van der Waals surface area contributed by atoms with Gasteiger partial charge in [0.2, 0.25) is 0 Å². The third-order valence-electron chi connectivity index (χ3n) is 2.54. The molecule has 16 heavy (non-hydrogen) atoms. The van der Waals surface area contributed by atoms with Crippen molar-refractivity contribution in [1.29, 1.82) is 0 Å². The van der Waals surface area contributed by atoms with E-state index in [1.807, 2.05) is 19.9 Å². The van der Waals surface area contributed by atoms with Crippen molar-refractivity contribution >= 4 is 11.3 Å². The molecule has 1 atom stereocenters. The third kappa shape index (κ3) is 2.15. The summed E-state index contributed by atoms with van der Waals surface area (Å²) in [6, 6.07) is 8.05. The Morgan fingerprint density at radius 1 is 1.25 bits per heavy atom. The Labute approximate surface area is 98.2 Å². The fraction of sp³-hybridized carbons (Fsp3) is 0.231. The first-order chi connectivity index (χ1) is 7.58. The molecule has 2 rings (SSSR count). The van der Waals surface area contributed by atoms with Crippen molar-refractivity contribution < 1.29 is 9.50 Å². The van der Waals surface area contributed by atoms with Crippen LogP contribution in [0.1, 0.15) is 27.0 Å². The predicted molar refractivity (Wildman–Crippen MR) is 64.3 cm³/mol. The average Bonchev–Trinajstić information content (AvgIpc) is 2.57. The van der Waals surface area contributed by atoms with Crippen LogP contribution >= 0.6 is 11.3 Å². The van der Waals surface area contributed by atoms with E-state index < -0.39 is 6.10 Å². The summed E-state index contributed by atoms with van der Waals surface area (Å²) >= 11 is 1.64. The van der Waals surface area contributed by atoms with Crippen LogP contribution in [0.25, 0.3) is 0 Å². The van der Waals surface area contributed by atoms with Crippen molar-refractivity contribution in [2.75, 3.05) is 0 Å². The zero-order valence-electron chi connectivity index (χ0n) is 9.20. The topological polar surface area (TPSA) is 20.2 Å². The zero-order chi connectivity index (χ0) is 11.7. The normalized spacial score (nSPS) is 12.8. The van der Waals surface area contributed by atoms with Crippen molar-refractivity contribution in [1.82, 2.24) is 0 Å². The second-order valence-corrected chi connectivity index (χ2v) is 5.29. The fourth-order valence-electron chi connectivity index (χ4n) is 1.78. The van der Waals surface area contributed by atoms with E-state index in [2.05, 4.69) is 0 Å². The Balaban J connectivity index is 2.38. The molecule has 2 aromatic rings. The zero-order valence-corrected chi connectivity index (χ0v) is 10.0. The maximum absolute atomic E-state index is 13.0. The highest BCUT2D eigenvalue weighted by Crippen LogP contribution is 2.30. The molecule has 1 aromatic heterocycles. The highest BCUT2D eigenvalue weighted by atomic mass is 32.1. The fourth-order valence-corrected chi connectivity index (χ4v) is 2.74. The van der Waals surface area contributed by atoms with E-state index in [1.54, 1.807) is 23.5 Å². The number of rotatable bonds is 2. The predicted octanol–water partition coefficient (Wildman–Crippen LogP) is 3.59. The van der Waals surface area contributed by atoms with Gasteiger partial charge < -0.3 is 5.11 Å². The minimum atomic E-state index is -0.736. The van der Waals surface area contributed by atoms with Gasteiger partial charge in [-0.2, -0.15) is 0 Å². The van der Waals surface area contributed by atoms with Crippen LogP contribution in [0.4, 0.5) is 4.39 Å². The van der Waals surface area contributed by atoms with Crippen LogP contribution in [0, 0.1) is 19.7 Å². The summed E-state index contributed by atoms with van der Waals surface area (Å²) in [6.07, 6.45) is -0.736. The highest BCUT2D eigenvalue weighted by Gasteiger charge is 2.15. The lowest BCUT2D eigenvalue weighted by atomic mass is 10.0. The van der Waals surface area contributed by atoms with Gasteiger partial charge in [0, 0.05) is 9.75 Å². The lowest BCUT2D eigenvalue weighted by Crippen LogP contribution is -1.99. The lowest BCUT2D eigenvalue weighted by molar-refractivity contribution is 0.219. The molecular weight excluding hydrogens is 223 g/mol. The first kappa shape index (κ1) is 11.3. The summed E-state index contributed by atoms with van der Waals surface area (Å²) in [4.78, 5) is 2.23. The summed E-state index contributed by atoms with van der Waals surface area (Å²) in [5.74, 6) is -0.318. The lowest BCUT2D eigenvalue weighted by Gasteiger charge is -2.10. The molecule has 0 aliphatic heterocycles. The molecular formula is C13H13FOS. The first-order valence-corrected chi connectivity index (χ1v) is 5.90. The number of hydrogen-bond donors (Lipinski definition) is 1. The SMILES string of the molecule is Cc1cc(C(O)c2cccc(F)c2)c(C)s1. The molecule has 1 heterocycles. The number of hydrogen-bond acceptors (Lipinski definition) is 2. The summed E-state index contributed by atoms with van der Waals surface area (Å²) in [5, 5.41) is 10.2. The van der Waals surface area contributed by atoms with Gasteiger partial charge in [-0.25, -0.2) is 4.39 Å². The second-order valence-electron chi connectivity index (χ2n) is 3.83. The minimum absolute atomic E-state index is 0.318. The van der Waals surface area contributed by atoms with Gasteiger partial charge in [0.15, 0.2) is 0 Å². The molecule has 0 aliphatic rings. The maximum Gasteiger partial charge on any atom is 0.123 e. The Kier molecular flexibility index (Phi) is 3.08.